The second-order valence-electron chi connectivity index (χ2n) is 4.54. The van der Waals surface area contributed by atoms with Crippen molar-refractivity contribution in [3.8, 4) is 5.75 Å². The van der Waals surface area contributed by atoms with Crippen LogP contribution in [-0.2, 0) is 0 Å². The molecule has 2 aromatic carbocycles. The van der Waals surface area contributed by atoms with Gasteiger partial charge in [-0.25, -0.2) is 8.78 Å². The van der Waals surface area contributed by atoms with E-state index in [2.05, 4.69) is 5.32 Å². The molecule has 2 nitrogen and oxygen atoms in total. The van der Waals surface area contributed by atoms with Crippen molar-refractivity contribution in [1.29, 1.82) is 0 Å². The van der Waals surface area contributed by atoms with Gasteiger partial charge in [-0.15, -0.1) is 0 Å². The minimum atomic E-state index is -0.542. The molecule has 1 N–H and O–H groups in total. The van der Waals surface area contributed by atoms with E-state index in [0.717, 1.165) is 12.1 Å². The minimum absolute atomic E-state index is 0.220. The highest BCUT2D eigenvalue weighted by Gasteiger charge is 2.21. The van der Waals surface area contributed by atoms with Crippen LogP contribution in [0.1, 0.15) is 24.1 Å². The molecule has 1 unspecified atom stereocenters. The van der Waals surface area contributed by atoms with E-state index in [-0.39, 0.29) is 5.56 Å². The molecule has 0 aliphatic rings. The van der Waals surface area contributed by atoms with Crippen LogP contribution in [0.15, 0.2) is 36.4 Å². The molecule has 2 aromatic rings. The predicted molar refractivity (Wildman–Crippen MR) is 79.9 cm³/mol. The summed E-state index contributed by atoms with van der Waals surface area (Å²) in [5.41, 5.74) is 0.883. The second kappa shape index (κ2) is 6.87. The first-order chi connectivity index (χ1) is 10.1. The van der Waals surface area contributed by atoms with Crippen LogP contribution < -0.4 is 10.1 Å². The van der Waals surface area contributed by atoms with Crippen LogP contribution in [0.2, 0.25) is 5.02 Å². The maximum atomic E-state index is 14.1. The Morgan fingerprint density at radius 2 is 1.90 bits per heavy atom. The summed E-state index contributed by atoms with van der Waals surface area (Å²) in [6.45, 7) is 2.47. The smallest absolute Gasteiger partial charge is 0.128 e. The van der Waals surface area contributed by atoms with Crippen LogP contribution in [0.3, 0.4) is 0 Å². The Morgan fingerprint density at radius 3 is 2.57 bits per heavy atom. The van der Waals surface area contributed by atoms with Gasteiger partial charge in [0.05, 0.1) is 13.2 Å². The Hall–Kier alpha value is -1.65. The Bertz CT molecular complexity index is 634. The molecular formula is C16H16ClF2NO. The Morgan fingerprint density at radius 1 is 1.14 bits per heavy atom. The molecular weight excluding hydrogens is 296 g/mol. The molecule has 0 saturated carbocycles. The van der Waals surface area contributed by atoms with Crippen LogP contribution >= 0.6 is 11.6 Å². The molecule has 0 aromatic heterocycles. The van der Waals surface area contributed by atoms with Crippen molar-refractivity contribution in [2.24, 2.45) is 0 Å². The topological polar surface area (TPSA) is 21.3 Å². The zero-order chi connectivity index (χ0) is 15.4. The van der Waals surface area contributed by atoms with Gasteiger partial charge in [-0.2, -0.15) is 0 Å². The summed E-state index contributed by atoms with van der Waals surface area (Å²) in [6.07, 6.45) is 0. The van der Waals surface area contributed by atoms with Gasteiger partial charge in [0.25, 0.3) is 0 Å². The molecule has 0 fully saturated rings. The van der Waals surface area contributed by atoms with Crippen molar-refractivity contribution >= 4 is 11.6 Å². The maximum Gasteiger partial charge on any atom is 0.128 e. The molecule has 0 bridgehead atoms. The molecule has 21 heavy (non-hydrogen) atoms. The van der Waals surface area contributed by atoms with Crippen LogP contribution in [0.4, 0.5) is 8.78 Å². The van der Waals surface area contributed by atoms with Gasteiger partial charge in [0.2, 0.25) is 0 Å². The number of benzene rings is 2. The van der Waals surface area contributed by atoms with Crippen molar-refractivity contribution in [3.63, 3.8) is 0 Å². The molecule has 0 heterocycles. The number of halogens is 3. The van der Waals surface area contributed by atoms with Crippen molar-refractivity contribution in [3.05, 3.63) is 64.2 Å². The molecule has 0 spiro atoms. The summed E-state index contributed by atoms with van der Waals surface area (Å²) in [7, 11) is 1.53. The number of hydrogen-bond donors (Lipinski definition) is 1. The van der Waals surface area contributed by atoms with Gasteiger partial charge >= 0.3 is 0 Å². The van der Waals surface area contributed by atoms with Crippen LogP contribution in [0.25, 0.3) is 0 Å². The lowest BCUT2D eigenvalue weighted by atomic mass is 9.97. The summed E-state index contributed by atoms with van der Waals surface area (Å²) < 4.78 is 32.9. The second-order valence-corrected chi connectivity index (χ2v) is 4.98. The minimum Gasteiger partial charge on any atom is -0.496 e. The van der Waals surface area contributed by atoms with Gasteiger partial charge in [0, 0.05) is 16.1 Å². The van der Waals surface area contributed by atoms with Crippen molar-refractivity contribution in [2.75, 3.05) is 13.7 Å². The average molecular weight is 312 g/mol. The fourth-order valence-electron chi connectivity index (χ4n) is 2.26. The summed E-state index contributed by atoms with van der Waals surface area (Å²) in [5.74, 6) is -0.409. The summed E-state index contributed by atoms with van der Waals surface area (Å²) >= 11 is 6.03. The Labute approximate surface area is 127 Å². The number of ether oxygens (including phenoxy) is 1. The number of nitrogens with one attached hydrogen (secondary N) is 1. The van der Waals surface area contributed by atoms with Gasteiger partial charge in [-0.3, -0.25) is 0 Å². The highest BCUT2D eigenvalue weighted by molar-refractivity contribution is 6.30. The van der Waals surface area contributed by atoms with E-state index in [1.54, 1.807) is 18.2 Å². The van der Waals surface area contributed by atoms with E-state index in [0.29, 0.717) is 22.9 Å². The maximum absolute atomic E-state index is 14.1. The molecule has 0 aliphatic carbocycles. The third-order valence-corrected chi connectivity index (χ3v) is 3.42. The summed E-state index contributed by atoms with van der Waals surface area (Å²) in [6, 6.07) is 7.94. The molecule has 5 heteroatoms. The molecule has 0 aliphatic heterocycles. The molecule has 0 saturated heterocycles. The highest BCUT2D eigenvalue weighted by atomic mass is 35.5. The monoisotopic (exact) mass is 311 g/mol. The van der Waals surface area contributed by atoms with E-state index in [1.165, 1.54) is 13.2 Å². The number of rotatable bonds is 5. The lowest BCUT2D eigenvalue weighted by Gasteiger charge is -2.22. The lowest BCUT2D eigenvalue weighted by molar-refractivity contribution is 0.403. The standard InChI is InChI=1S/C16H16ClF2NO/c1-3-20-16(12-9-11(18)5-6-14(12)19)13-8-10(17)4-7-15(13)21-2/h4-9,16,20H,3H2,1-2H3. The normalized spacial score (nSPS) is 12.2. The Balaban J connectivity index is 2.58. The fraction of sp³-hybridized carbons (Fsp3) is 0.250. The SMILES string of the molecule is CCNC(c1cc(F)ccc1F)c1cc(Cl)ccc1OC. The molecule has 2 rings (SSSR count). The van der Waals surface area contributed by atoms with Crippen molar-refractivity contribution in [1.82, 2.24) is 5.32 Å². The highest BCUT2D eigenvalue weighted by Crippen LogP contribution is 2.33. The lowest BCUT2D eigenvalue weighted by Crippen LogP contribution is -2.23. The summed E-state index contributed by atoms with van der Waals surface area (Å²) in [5, 5.41) is 3.64. The van der Waals surface area contributed by atoms with Gasteiger partial charge in [0.1, 0.15) is 17.4 Å². The first kappa shape index (κ1) is 15.7. The van der Waals surface area contributed by atoms with Gasteiger partial charge in [-0.05, 0) is 42.9 Å². The first-order valence-corrected chi connectivity index (χ1v) is 6.96. The molecule has 0 radical (unpaired) electrons. The average Bonchev–Trinajstić information content (AvgIpc) is 2.47. The van der Waals surface area contributed by atoms with Gasteiger partial charge in [-0.1, -0.05) is 18.5 Å². The van der Waals surface area contributed by atoms with E-state index >= 15 is 0 Å². The van der Waals surface area contributed by atoms with Crippen molar-refractivity contribution < 1.29 is 13.5 Å². The summed E-state index contributed by atoms with van der Waals surface area (Å²) in [4.78, 5) is 0. The van der Waals surface area contributed by atoms with Crippen LogP contribution in [0, 0.1) is 11.6 Å². The fourth-order valence-corrected chi connectivity index (χ4v) is 2.44. The zero-order valence-corrected chi connectivity index (χ0v) is 12.5. The first-order valence-electron chi connectivity index (χ1n) is 6.58. The van der Waals surface area contributed by atoms with E-state index in [1.807, 2.05) is 6.92 Å². The van der Waals surface area contributed by atoms with E-state index < -0.39 is 17.7 Å². The van der Waals surface area contributed by atoms with Crippen LogP contribution in [0.5, 0.6) is 5.75 Å². The zero-order valence-electron chi connectivity index (χ0n) is 11.8. The van der Waals surface area contributed by atoms with Gasteiger partial charge in [0.15, 0.2) is 0 Å². The number of methoxy groups -OCH3 is 1. The molecule has 0 amide bonds. The van der Waals surface area contributed by atoms with Crippen LogP contribution in [-0.4, -0.2) is 13.7 Å². The quantitative estimate of drug-likeness (QED) is 0.887. The third-order valence-electron chi connectivity index (χ3n) is 3.18. The Kier molecular flexibility index (Phi) is 5.15. The number of hydrogen-bond acceptors (Lipinski definition) is 2. The van der Waals surface area contributed by atoms with Gasteiger partial charge < -0.3 is 10.1 Å². The molecule has 112 valence electrons. The largest absolute Gasteiger partial charge is 0.496 e. The van der Waals surface area contributed by atoms with E-state index in [9.17, 15) is 8.78 Å². The van der Waals surface area contributed by atoms with E-state index in [4.69, 9.17) is 16.3 Å². The third kappa shape index (κ3) is 3.52. The predicted octanol–water partition coefficient (Wildman–Crippen LogP) is 4.33. The molecule has 1 atom stereocenters. The van der Waals surface area contributed by atoms with Crippen molar-refractivity contribution in [2.45, 2.75) is 13.0 Å².